The lowest BCUT2D eigenvalue weighted by Crippen LogP contribution is -2.00. The molecular weight excluding hydrogens is 256 g/mol. The minimum atomic E-state index is 0.320. The molecule has 0 aromatic carbocycles. The number of hydrogen-bond acceptors (Lipinski definition) is 3. The Kier molecular flexibility index (Phi) is 3.51. The smallest absolute Gasteiger partial charge is 0.164 e. The van der Waals surface area contributed by atoms with Crippen molar-refractivity contribution >= 4 is 17.1 Å². The van der Waals surface area contributed by atoms with Gasteiger partial charge in [0, 0.05) is 42.2 Å². The van der Waals surface area contributed by atoms with Crippen LogP contribution in [-0.2, 0) is 19.4 Å². The van der Waals surface area contributed by atoms with Crippen LogP contribution in [0.2, 0.25) is 0 Å². The zero-order valence-corrected chi connectivity index (χ0v) is 12.0. The number of aromatic nitrogens is 2. The zero-order chi connectivity index (χ0) is 13.2. The van der Waals surface area contributed by atoms with E-state index in [0.717, 1.165) is 43.5 Å². The summed E-state index contributed by atoms with van der Waals surface area (Å²) >= 11 is 1.72. The first kappa shape index (κ1) is 12.6. The van der Waals surface area contributed by atoms with Crippen LogP contribution in [0.1, 0.15) is 45.8 Å². The number of carbonyl (C=O) groups excluding carboxylic acids is 1. The van der Waals surface area contributed by atoms with Crippen LogP contribution in [0.5, 0.6) is 0 Å². The van der Waals surface area contributed by atoms with Crippen LogP contribution in [0, 0.1) is 6.92 Å². The van der Waals surface area contributed by atoms with Gasteiger partial charge in [-0.2, -0.15) is 0 Å². The molecular formula is C15H18N2OS. The average molecular weight is 274 g/mol. The van der Waals surface area contributed by atoms with Gasteiger partial charge in [-0.3, -0.25) is 4.79 Å². The fraction of sp³-hybridized carbons (Fsp3) is 0.467. The molecule has 0 radical (unpaired) electrons. The molecule has 2 heterocycles. The summed E-state index contributed by atoms with van der Waals surface area (Å²) in [5, 5.41) is 0. The fourth-order valence-corrected chi connectivity index (χ4v) is 3.44. The summed E-state index contributed by atoms with van der Waals surface area (Å²) in [6.07, 6.45) is 9.13. The van der Waals surface area contributed by atoms with Gasteiger partial charge in [0.15, 0.2) is 5.78 Å². The first-order chi connectivity index (χ1) is 9.24. The van der Waals surface area contributed by atoms with E-state index in [9.17, 15) is 4.79 Å². The highest BCUT2D eigenvalue weighted by molar-refractivity contribution is 7.09. The summed E-state index contributed by atoms with van der Waals surface area (Å²) in [7, 11) is 0. The Hall–Kier alpha value is -1.42. The molecule has 0 spiro atoms. The predicted octanol–water partition coefficient (Wildman–Crippen LogP) is 3.40. The highest BCUT2D eigenvalue weighted by Gasteiger charge is 2.17. The van der Waals surface area contributed by atoms with Crippen molar-refractivity contribution in [2.75, 3.05) is 0 Å². The van der Waals surface area contributed by atoms with E-state index in [1.54, 1.807) is 11.3 Å². The molecule has 0 aliphatic heterocycles. The second kappa shape index (κ2) is 5.29. The van der Waals surface area contributed by atoms with Gasteiger partial charge in [0.2, 0.25) is 0 Å². The van der Waals surface area contributed by atoms with Crippen LogP contribution in [-0.4, -0.2) is 15.3 Å². The van der Waals surface area contributed by atoms with Gasteiger partial charge in [-0.1, -0.05) is 0 Å². The van der Waals surface area contributed by atoms with Crippen molar-refractivity contribution < 1.29 is 4.79 Å². The Morgan fingerprint density at radius 2 is 2.16 bits per heavy atom. The van der Waals surface area contributed by atoms with E-state index in [1.165, 1.54) is 10.4 Å². The molecule has 1 aliphatic rings. The molecule has 2 aromatic heterocycles. The van der Waals surface area contributed by atoms with E-state index in [2.05, 4.69) is 22.7 Å². The Balaban J connectivity index is 1.74. The van der Waals surface area contributed by atoms with Crippen molar-refractivity contribution in [3.8, 4) is 0 Å². The largest absolute Gasteiger partial charge is 0.353 e. The Labute approximate surface area is 117 Å². The molecule has 0 bridgehead atoms. The minimum Gasteiger partial charge on any atom is -0.353 e. The van der Waals surface area contributed by atoms with E-state index in [0.29, 0.717) is 12.2 Å². The molecule has 0 N–H and O–H groups in total. The van der Waals surface area contributed by atoms with Gasteiger partial charge in [-0.15, -0.1) is 11.3 Å². The van der Waals surface area contributed by atoms with Gasteiger partial charge in [-0.25, -0.2) is 4.98 Å². The monoisotopic (exact) mass is 274 g/mol. The van der Waals surface area contributed by atoms with Crippen LogP contribution < -0.4 is 0 Å². The van der Waals surface area contributed by atoms with Crippen LogP contribution >= 0.6 is 11.3 Å². The highest BCUT2D eigenvalue weighted by Crippen LogP contribution is 2.22. The molecule has 4 heteroatoms. The lowest BCUT2D eigenvalue weighted by Gasteiger charge is -2.02. The third kappa shape index (κ3) is 2.63. The van der Waals surface area contributed by atoms with E-state index >= 15 is 0 Å². The van der Waals surface area contributed by atoms with Crippen molar-refractivity contribution in [2.45, 2.75) is 45.6 Å². The van der Waals surface area contributed by atoms with Crippen LogP contribution in [0.15, 0.2) is 17.9 Å². The average Bonchev–Trinajstić information content (AvgIpc) is 2.95. The van der Waals surface area contributed by atoms with Gasteiger partial charge < -0.3 is 4.57 Å². The number of rotatable bonds is 3. The molecule has 0 saturated carbocycles. The van der Waals surface area contributed by atoms with Gasteiger partial charge in [0.1, 0.15) is 0 Å². The number of ketones is 1. The van der Waals surface area contributed by atoms with Crippen molar-refractivity contribution in [2.24, 2.45) is 0 Å². The SMILES string of the molecule is Cc1ncsc1CCn1cc2c(c1)C(=O)CCCC2. The molecule has 1 aliphatic carbocycles. The number of aryl methyl sites for hydroxylation is 4. The Bertz CT molecular complexity index is 597. The van der Waals surface area contributed by atoms with Crippen molar-refractivity contribution in [1.82, 2.24) is 9.55 Å². The van der Waals surface area contributed by atoms with Crippen molar-refractivity contribution in [3.63, 3.8) is 0 Å². The van der Waals surface area contributed by atoms with E-state index in [-0.39, 0.29) is 0 Å². The summed E-state index contributed by atoms with van der Waals surface area (Å²) in [4.78, 5) is 17.6. The Morgan fingerprint density at radius 1 is 1.32 bits per heavy atom. The first-order valence-electron chi connectivity index (χ1n) is 6.85. The van der Waals surface area contributed by atoms with Crippen LogP contribution in [0.4, 0.5) is 0 Å². The van der Waals surface area contributed by atoms with E-state index in [4.69, 9.17) is 0 Å². The molecule has 0 amide bonds. The maximum atomic E-state index is 12.0. The zero-order valence-electron chi connectivity index (χ0n) is 11.2. The predicted molar refractivity (Wildman–Crippen MR) is 76.9 cm³/mol. The summed E-state index contributed by atoms with van der Waals surface area (Å²) in [5.74, 6) is 0.320. The van der Waals surface area contributed by atoms with Crippen molar-refractivity contribution in [1.29, 1.82) is 0 Å². The summed E-state index contributed by atoms with van der Waals surface area (Å²) in [6.45, 7) is 2.99. The number of nitrogens with zero attached hydrogens (tertiary/aromatic N) is 2. The van der Waals surface area contributed by atoms with Crippen molar-refractivity contribution in [3.05, 3.63) is 39.6 Å². The topological polar surface area (TPSA) is 34.9 Å². The molecule has 2 aromatic rings. The van der Waals surface area contributed by atoms with Gasteiger partial charge in [0.05, 0.1) is 11.2 Å². The Morgan fingerprint density at radius 3 is 2.95 bits per heavy atom. The first-order valence-corrected chi connectivity index (χ1v) is 7.73. The third-order valence-corrected chi connectivity index (χ3v) is 4.80. The van der Waals surface area contributed by atoms with Gasteiger partial charge in [-0.05, 0) is 31.7 Å². The molecule has 0 atom stereocenters. The molecule has 3 nitrogen and oxygen atoms in total. The lowest BCUT2D eigenvalue weighted by molar-refractivity contribution is 0.0982. The standard InChI is InChI=1S/C15H18N2OS/c1-11-15(19-10-16-11)6-7-17-8-12-4-2-3-5-14(18)13(12)9-17/h8-10H,2-7H2,1H3. The normalized spacial score (nSPS) is 15.3. The second-order valence-corrected chi connectivity index (χ2v) is 6.12. The maximum Gasteiger partial charge on any atom is 0.164 e. The molecule has 100 valence electrons. The van der Waals surface area contributed by atoms with E-state index < -0.39 is 0 Å². The number of thiazole rings is 1. The summed E-state index contributed by atoms with van der Waals surface area (Å²) < 4.78 is 2.17. The quantitative estimate of drug-likeness (QED) is 0.804. The number of carbonyl (C=O) groups is 1. The fourth-order valence-electron chi connectivity index (χ4n) is 2.67. The summed E-state index contributed by atoms with van der Waals surface area (Å²) in [5.41, 5.74) is 5.23. The molecule has 0 fully saturated rings. The number of fused-ring (bicyclic) bond motifs is 1. The second-order valence-electron chi connectivity index (χ2n) is 5.18. The molecule has 3 rings (SSSR count). The summed E-state index contributed by atoms with van der Waals surface area (Å²) in [6, 6.07) is 0. The molecule has 19 heavy (non-hydrogen) atoms. The molecule has 0 saturated heterocycles. The third-order valence-electron chi connectivity index (χ3n) is 3.80. The number of hydrogen-bond donors (Lipinski definition) is 0. The number of Topliss-reactive ketones (excluding diaryl/α,β-unsaturated/α-hetero) is 1. The highest BCUT2D eigenvalue weighted by atomic mass is 32.1. The van der Waals surface area contributed by atoms with Crippen LogP contribution in [0.25, 0.3) is 0 Å². The van der Waals surface area contributed by atoms with Crippen LogP contribution in [0.3, 0.4) is 0 Å². The lowest BCUT2D eigenvalue weighted by atomic mass is 10.1. The van der Waals surface area contributed by atoms with Gasteiger partial charge >= 0.3 is 0 Å². The van der Waals surface area contributed by atoms with Gasteiger partial charge in [0.25, 0.3) is 0 Å². The maximum absolute atomic E-state index is 12.0. The minimum absolute atomic E-state index is 0.320. The van der Waals surface area contributed by atoms with E-state index in [1.807, 2.05) is 11.7 Å². The molecule has 0 unspecified atom stereocenters.